The molecular weight excluding hydrogens is 239 g/mol. The van der Waals surface area contributed by atoms with Crippen molar-refractivity contribution in [1.29, 1.82) is 0 Å². The molecule has 2 fully saturated rings. The molecule has 2 heterocycles. The van der Waals surface area contributed by atoms with E-state index in [1.54, 1.807) is 6.07 Å². The lowest BCUT2D eigenvalue weighted by Crippen LogP contribution is -2.22. The number of likely N-dealkylation sites (tertiary alicyclic amines) is 1. The van der Waals surface area contributed by atoms with Crippen molar-refractivity contribution < 1.29 is 4.39 Å². The van der Waals surface area contributed by atoms with E-state index in [0.717, 1.165) is 16.8 Å². The maximum Gasteiger partial charge on any atom is 0.123 e. The SMILES string of the molecule is Fc1ccc2[nH]cc([C@@H]3C[C@H]3CN3CCCC3)c2c1. The minimum atomic E-state index is -0.134. The third kappa shape index (κ3) is 2.06. The lowest BCUT2D eigenvalue weighted by atomic mass is 10.1. The van der Waals surface area contributed by atoms with Crippen LogP contribution in [0.15, 0.2) is 24.4 Å². The fourth-order valence-electron chi connectivity index (χ4n) is 3.55. The highest BCUT2D eigenvalue weighted by atomic mass is 19.1. The molecule has 2 atom stereocenters. The molecule has 2 aromatic rings. The topological polar surface area (TPSA) is 19.0 Å². The van der Waals surface area contributed by atoms with Crippen molar-refractivity contribution in [1.82, 2.24) is 9.88 Å². The summed E-state index contributed by atoms with van der Waals surface area (Å²) in [5.41, 5.74) is 2.38. The molecular formula is C16H19FN2. The molecule has 0 bridgehead atoms. The van der Waals surface area contributed by atoms with Crippen LogP contribution in [0.1, 0.15) is 30.7 Å². The average molecular weight is 258 g/mol. The van der Waals surface area contributed by atoms with Crippen LogP contribution in [-0.4, -0.2) is 29.5 Å². The Kier molecular flexibility index (Phi) is 2.62. The van der Waals surface area contributed by atoms with E-state index < -0.39 is 0 Å². The quantitative estimate of drug-likeness (QED) is 0.892. The Morgan fingerprint density at radius 2 is 2.11 bits per heavy atom. The lowest BCUT2D eigenvalue weighted by molar-refractivity contribution is 0.322. The fourth-order valence-corrected chi connectivity index (χ4v) is 3.55. The van der Waals surface area contributed by atoms with E-state index in [9.17, 15) is 4.39 Å². The highest BCUT2D eigenvalue weighted by Gasteiger charge is 2.40. The van der Waals surface area contributed by atoms with Crippen LogP contribution in [0.3, 0.4) is 0 Å². The second-order valence-electron chi connectivity index (χ2n) is 6.04. The summed E-state index contributed by atoms with van der Waals surface area (Å²) in [4.78, 5) is 5.85. The number of nitrogens with one attached hydrogen (secondary N) is 1. The largest absolute Gasteiger partial charge is 0.361 e. The number of H-pyrrole nitrogens is 1. The van der Waals surface area contributed by atoms with Gasteiger partial charge in [-0.3, -0.25) is 0 Å². The Balaban J connectivity index is 1.54. The summed E-state index contributed by atoms with van der Waals surface area (Å²) in [6, 6.07) is 5.04. The molecule has 1 saturated heterocycles. The maximum atomic E-state index is 13.4. The zero-order valence-electron chi connectivity index (χ0n) is 11.0. The van der Waals surface area contributed by atoms with Gasteiger partial charge >= 0.3 is 0 Å². The zero-order chi connectivity index (χ0) is 12.8. The number of fused-ring (bicyclic) bond motifs is 1. The number of hydrogen-bond donors (Lipinski definition) is 1. The number of nitrogens with zero attached hydrogens (tertiary/aromatic N) is 1. The molecule has 19 heavy (non-hydrogen) atoms. The molecule has 0 amide bonds. The monoisotopic (exact) mass is 258 g/mol. The smallest absolute Gasteiger partial charge is 0.123 e. The Morgan fingerprint density at radius 1 is 1.26 bits per heavy atom. The Labute approximate surface area is 112 Å². The molecule has 2 aliphatic rings. The van der Waals surface area contributed by atoms with Gasteiger partial charge in [-0.25, -0.2) is 4.39 Å². The van der Waals surface area contributed by atoms with Gasteiger partial charge in [0.15, 0.2) is 0 Å². The average Bonchev–Trinajstić information content (AvgIpc) is 2.83. The molecule has 1 saturated carbocycles. The third-order valence-corrected chi connectivity index (χ3v) is 4.69. The van der Waals surface area contributed by atoms with E-state index in [1.165, 1.54) is 50.5 Å². The first-order chi connectivity index (χ1) is 9.31. The molecule has 0 spiro atoms. The van der Waals surface area contributed by atoms with Crippen LogP contribution in [-0.2, 0) is 0 Å². The zero-order valence-corrected chi connectivity index (χ0v) is 11.0. The number of halogens is 1. The number of aromatic amines is 1. The predicted molar refractivity (Wildman–Crippen MR) is 74.8 cm³/mol. The molecule has 0 radical (unpaired) electrons. The van der Waals surface area contributed by atoms with Crippen molar-refractivity contribution in [2.75, 3.05) is 19.6 Å². The summed E-state index contributed by atoms with van der Waals surface area (Å²) in [6.45, 7) is 3.77. The summed E-state index contributed by atoms with van der Waals surface area (Å²) in [5, 5.41) is 1.08. The highest BCUT2D eigenvalue weighted by molar-refractivity contribution is 5.84. The van der Waals surface area contributed by atoms with Gasteiger partial charge in [-0.2, -0.15) is 0 Å². The first kappa shape index (κ1) is 11.5. The standard InChI is InChI=1S/C16H19FN2/c17-12-3-4-16-14(8-12)15(9-18-16)13-7-11(13)10-19-5-1-2-6-19/h3-4,8-9,11,13,18H,1-2,5-7,10H2/t11-,13+/m0/s1. The molecule has 2 nitrogen and oxygen atoms in total. The van der Waals surface area contributed by atoms with Crippen molar-refractivity contribution in [3.05, 3.63) is 35.8 Å². The number of aromatic nitrogens is 1. The van der Waals surface area contributed by atoms with E-state index in [2.05, 4.69) is 16.1 Å². The Hall–Kier alpha value is -1.35. The van der Waals surface area contributed by atoms with Crippen LogP contribution in [0.5, 0.6) is 0 Å². The lowest BCUT2D eigenvalue weighted by Gasteiger charge is -2.13. The van der Waals surface area contributed by atoms with E-state index in [4.69, 9.17) is 0 Å². The van der Waals surface area contributed by atoms with E-state index >= 15 is 0 Å². The molecule has 1 N–H and O–H groups in total. The third-order valence-electron chi connectivity index (χ3n) is 4.69. The molecule has 1 aromatic carbocycles. The van der Waals surface area contributed by atoms with Gasteiger partial charge in [-0.05, 0) is 68.0 Å². The van der Waals surface area contributed by atoms with Gasteiger partial charge in [-0.15, -0.1) is 0 Å². The molecule has 0 unspecified atom stereocenters. The van der Waals surface area contributed by atoms with Crippen molar-refractivity contribution in [2.24, 2.45) is 5.92 Å². The maximum absolute atomic E-state index is 13.4. The second kappa shape index (κ2) is 4.34. The van der Waals surface area contributed by atoms with Gasteiger partial charge in [0.05, 0.1) is 0 Å². The summed E-state index contributed by atoms with van der Waals surface area (Å²) in [7, 11) is 0. The minimum absolute atomic E-state index is 0.134. The van der Waals surface area contributed by atoms with Crippen molar-refractivity contribution >= 4 is 10.9 Å². The van der Waals surface area contributed by atoms with Gasteiger partial charge < -0.3 is 9.88 Å². The van der Waals surface area contributed by atoms with Crippen LogP contribution in [0.4, 0.5) is 4.39 Å². The van der Waals surface area contributed by atoms with Crippen molar-refractivity contribution in [3.63, 3.8) is 0 Å². The fraction of sp³-hybridized carbons (Fsp3) is 0.500. The highest BCUT2D eigenvalue weighted by Crippen LogP contribution is 2.50. The van der Waals surface area contributed by atoms with Crippen LogP contribution in [0.25, 0.3) is 10.9 Å². The molecule has 3 heteroatoms. The van der Waals surface area contributed by atoms with Crippen molar-refractivity contribution in [2.45, 2.75) is 25.2 Å². The summed E-state index contributed by atoms with van der Waals surface area (Å²) in [6.07, 6.45) is 6.06. The normalized spacial score (nSPS) is 27.2. The van der Waals surface area contributed by atoms with Gasteiger partial charge in [0.25, 0.3) is 0 Å². The second-order valence-corrected chi connectivity index (χ2v) is 6.04. The number of hydrogen-bond acceptors (Lipinski definition) is 1. The van der Waals surface area contributed by atoms with Crippen LogP contribution < -0.4 is 0 Å². The van der Waals surface area contributed by atoms with E-state index in [0.29, 0.717) is 5.92 Å². The summed E-state index contributed by atoms with van der Waals surface area (Å²) in [5.74, 6) is 1.28. The Morgan fingerprint density at radius 3 is 2.95 bits per heavy atom. The van der Waals surface area contributed by atoms with Crippen LogP contribution >= 0.6 is 0 Å². The molecule has 100 valence electrons. The van der Waals surface area contributed by atoms with Crippen LogP contribution in [0, 0.1) is 11.7 Å². The minimum Gasteiger partial charge on any atom is -0.361 e. The predicted octanol–water partition coefficient (Wildman–Crippen LogP) is 3.51. The molecule has 1 aliphatic heterocycles. The molecule has 1 aliphatic carbocycles. The number of rotatable bonds is 3. The van der Waals surface area contributed by atoms with E-state index in [-0.39, 0.29) is 5.82 Å². The number of benzene rings is 1. The summed E-state index contributed by atoms with van der Waals surface area (Å²) < 4.78 is 13.4. The van der Waals surface area contributed by atoms with Gasteiger partial charge in [0.2, 0.25) is 0 Å². The summed E-state index contributed by atoms with van der Waals surface area (Å²) >= 11 is 0. The molecule has 4 rings (SSSR count). The van der Waals surface area contributed by atoms with E-state index in [1.807, 2.05) is 6.07 Å². The first-order valence-corrected chi connectivity index (χ1v) is 7.30. The van der Waals surface area contributed by atoms with Crippen molar-refractivity contribution in [3.8, 4) is 0 Å². The molecule has 1 aromatic heterocycles. The van der Waals surface area contributed by atoms with Crippen LogP contribution in [0.2, 0.25) is 0 Å². The van der Waals surface area contributed by atoms with Gasteiger partial charge in [0.1, 0.15) is 5.82 Å². The first-order valence-electron chi connectivity index (χ1n) is 7.30. The van der Waals surface area contributed by atoms with Gasteiger partial charge in [0, 0.05) is 23.6 Å². The van der Waals surface area contributed by atoms with Gasteiger partial charge in [-0.1, -0.05) is 0 Å². The Bertz CT molecular complexity index is 598.